The summed E-state index contributed by atoms with van der Waals surface area (Å²) in [6.07, 6.45) is 0. The Hall–Kier alpha value is -0.100. The third kappa shape index (κ3) is 3.73. The molecule has 0 radical (unpaired) electrons. The quantitative estimate of drug-likeness (QED) is 0.871. The third-order valence-corrected chi connectivity index (χ3v) is 4.42. The predicted octanol–water partition coefficient (Wildman–Crippen LogP) is 1.84. The van der Waals surface area contributed by atoms with Crippen molar-refractivity contribution in [3.63, 3.8) is 0 Å². The molecule has 0 bridgehead atoms. The lowest BCUT2D eigenvalue weighted by Gasteiger charge is -2.26. The summed E-state index contributed by atoms with van der Waals surface area (Å²) in [5.74, 6) is 2.59. The van der Waals surface area contributed by atoms with Crippen LogP contribution in [0.1, 0.15) is 18.7 Å². The summed E-state index contributed by atoms with van der Waals surface area (Å²) < 4.78 is 0. The number of rotatable bonds is 5. The Balaban J connectivity index is 1.63. The van der Waals surface area contributed by atoms with Crippen LogP contribution in [0.25, 0.3) is 0 Å². The maximum atomic E-state index is 4.32. The van der Waals surface area contributed by atoms with Crippen LogP contribution in [-0.4, -0.2) is 47.6 Å². The monoisotopic (exact) mass is 257 g/mol. The largest absolute Gasteiger partial charge is 0.308 e. The highest BCUT2D eigenvalue weighted by Crippen LogP contribution is 2.12. The van der Waals surface area contributed by atoms with Crippen LogP contribution >= 0.6 is 23.1 Å². The Bertz CT molecular complexity index is 283. The van der Waals surface area contributed by atoms with Gasteiger partial charge >= 0.3 is 0 Å². The first-order valence-electron chi connectivity index (χ1n) is 5.78. The fraction of sp³-hybridized carbons (Fsp3) is 0.727. The molecule has 0 spiro atoms. The molecule has 0 amide bonds. The van der Waals surface area contributed by atoms with Crippen molar-refractivity contribution in [1.82, 2.24) is 15.2 Å². The molecule has 1 aliphatic rings. The summed E-state index contributed by atoms with van der Waals surface area (Å²) in [4.78, 5) is 6.86. The van der Waals surface area contributed by atoms with Crippen LogP contribution in [0.2, 0.25) is 0 Å². The second-order valence-corrected chi connectivity index (χ2v) is 5.99. The lowest BCUT2D eigenvalue weighted by Crippen LogP contribution is -2.38. The highest BCUT2D eigenvalue weighted by molar-refractivity contribution is 7.99. The molecule has 1 aromatic heterocycles. The van der Waals surface area contributed by atoms with Crippen molar-refractivity contribution in [1.29, 1.82) is 0 Å². The fourth-order valence-corrected chi connectivity index (χ4v) is 3.43. The molecule has 1 aliphatic heterocycles. The van der Waals surface area contributed by atoms with E-state index in [2.05, 4.69) is 39.3 Å². The predicted molar refractivity (Wildman–Crippen MR) is 72.3 cm³/mol. The van der Waals surface area contributed by atoms with Gasteiger partial charge in [0.1, 0.15) is 0 Å². The fourth-order valence-electron chi connectivity index (χ4n) is 1.80. The maximum Gasteiger partial charge on any atom is 0.0795 e. The topological polar surface area (TPSA) is 28.2 Å². The first-order valence-corrected chi connectivity index (χ1v) is 7.87. The van der Waals surface area contributed by atoms with Gasteiger partial charge in [0.05, 0.1) is 11.2 Å². The van der Waals surface area contributed by atoms with Crippen LogP contribution < -0.4 is 5.32 Å². The zero-order valence-corrected chi connectivity index (χ0v) is 11.3. The van der Waals surface area contributed by atoms with E-state index >= 15 is 0 Å². The van der Waals surface area contributed by atoms with Crippen molar-refractivity contribution in [2.24, 2.45) is 0 Å². The van der Waals surface area contributed by atoms with E-state index in [1.807, 2.05) is 5.51 Å². The minimum Gasteiger partial charge on any atom is -0.308 e. The van der Waals surface area contributed by atoms with Crippen LogP contribution in [-0.2, 0) is 0 Å². The van der Waals surface area contributed by atoms with Crippen LogP contribution in [0.4, 0.5) is 0 Å². The molecule has 0 saturated carbocycles. The minimum atomic E-state index is 0.380. The van der Waals surface area contributed by atoms with Gasteiger partial charge in [0.15, 0.2) is 0 Å². The van der Waals surface area contributed by atoms with Gasteiger partial charge in [0.2, 0.25) is 0 Å². The molecule has 1 atom stereocenters. The lowest BCUT2D eigenvalue weighted by molar-refractivity contribution is 0.296. The van der Waals surface area contributed by atoms with E-state index in [0.29, 0.717) is 6.04 Å². The molecule has 1 fully saturated rings. The van der Waals surface area contributed by atoms with Gasteiger partial charge in [-0.05, 0) is 6.92 Å². The van der Waals surface area contributed by atoms with Gasteiger partial charge in [-0.25, -0.2) is 4.98 Å². The first kappa shape index (κ1) is 12.4. The molecule has 1 saturated heterocycles. The van der Waals surface area contributed by atoms with E-state index in [0.717, 1.165) is 13.1 Å². The summed E-state index contributed by atoms with van der Waals surface area (Å²) in [5.41, 5.74) is 3.06. The molecular weight excluding hydrogens is 238 g/mol. The van der Waals surface area contributed by atoms with Crippen molar-refractivity contribution in [2.45, 2.75) is 13.0 Å². The van der Waals surface area contributed by atoms with E-state index in [-0.39, 0.29) is 0 Å². The van der Waals surface area contributed by atoms with Gasteiger partial charge < -0.3 is 10.2 Å². The summed E-state index contributed by atoms with van der Waals surface area (Å²) in [7, 11) is 0. The van der Waals surface area contributed by atoms with Gasteiger partial charge in [-0.2, -0.15) is 11.8 Å². The molecule has 5 heteroatoms. The Kier molecular flexibility index (Phi) is 5.09. The zero-order valence-electron chi connectivity index (χ0n) is 9.69. The molecule has 1 N–H and O–H groups in total. The normalized spacial score (nSPS) is 19.8. The van der Waals surface area contributed by atoms with Gasteiger partial charge in [-0.3, -0.25) is 0 Å². The number of aromatic nitrogens is 1. The average molecular weight is 257 g/mol. The van der Waals surface area contributed by atoms with Crippen molar-refractivity contribution in [3.8, 4) is 0 Å². The van der Waals surface area contributed by atoms with E-state index < -0.39 is 0 Å². The number of thiazole rings is 1. The maximum absolute atomic E-state index is 4.32. The summed E-state index contributed by atoms with van der Waals surface area (Å²) in [5, 5.41) is 5.65. The molecular formula is C11H19N3S2. The second-order valence-electron chi connectivity index (χ2n) is 4.04. The van der Waals surface area contributed by atoms with Gasteiger partial charge in [-0.15, -0.1) is 11.3 Å². The van der Waals surface area contributed by atoms with E-state index in [1.54, 1.807) is 11.3 Å². The Morgan fingerprint density at radius 1 is 1.50 bits per heavy atom. The first-order chi connectivity index (χ1) is 7.86. The zero-order chi connectivity index (χ0) is 11.2. The SMILES string of the molecule is CC(NCCN1CCSCC1)c1cscn1. The third-order valence-electron chi connectivity index (χ3n) is 2.88. The van der Waals surface area contributed by atoms with Crippen LogP contribution in [0.15, 0.2) is 10.9 Å². The second kappa shape index (κ2) is 6.59. The van der Waals surface area contributed by atoms with Crippen molar-refractivity contribution >= 4 is 23.1 Å². The van der Waals surface area contributed by atoms with Crippen molar-refractivity contribution < 1.29 is 0 Å². The average Bonchev–Trinajstić information content (AvgIpc) is 2.84. The van der Waals surface area contributed by atoms with Gasteiger partial charge in [0.25, 0.3) is 0 Å². The number of nitrogens with one attached hydrogen (secondary N) is 1. The van der Waals surface area contributed by atoms with E-state index in [4.69, 9.17) is 0 Å². The summed E-state index contributed by atoms with van der Waals surface area (Å²) in [6.45, 7) is 6.90. The van der Waals surface area contributed by atoms with Gasteiger partial charge in [-0.1, -0.05) is 0 Å². The van der Waals surface area contributed by atoms with E-state index in [9.17, 15) is 0 Å². The summed E-state index contributed by atoms with van der Waals surface area (Å²) in [6, 6.07) is 0.380. The summed E-state index contributed by atoms with van der Waals surface area (Å²) >= 11 is 3.73. The van der Waals surface area contributed by atoms with Gasteiger partial charge in [0, 0.05) is 49.1 Å². The smallest absolute Gasteiger partial charge is 0.0795 e. The molecule has 0 aliphatic carbocycles. The van der Waals surface area contributed by atoms with Crippen LogP contribution in [0.5, 0.6) is 0 Å². The molecule has 90 valence electrons. The van der Waals surface area contributed by atoms with Crippen molar-refractivity contribution in [2.75, 3.05) is 37.7 Å². The number of thioether (sulfide) groups is 1. The molecule has 2 rings (SSSR count). The molecule has 1 aromatic rings. The van der Waals surface area contributed by atoms with Crippen LogP contribution in [0.3, 0.4) is 0 Å². The van der Waals surface area contributed by atoms with Crippen LogP contribution in [0, 0.1) is 0 Å². The standard InChI is InChI=1S/C11H19N3S2/c1-10(11-8-16-9-13-11)12-2-3-14-4-6-15-7-5-14/h8-10,12H,2-7H2,1H3. The number of hydrogen-bond acceptors (Lipinski definition) is 5. The van der Waals surface area contributed by atoms with E-state index in [1.165, 1.54) is 30.3 Å². The highest BCUT2D eigenvalue weighted by atomic mass is 32.2. The lowest BCUT2D eigenvalue weighted by atomic mass is 10.2. The molecule has 0 aromatic carbocycles. The highest BCUT2D eigenvalue weighted by Gasteiger charge is 2.11. The molecule has 3 nitrogen and oxygen atoms in total. The number of nitrogens with zero attached hydrogens (tertiary/aromatic N) is 2. The Labute approximate surface area is 106 Å². The minimum absolute atomic E-state index is 0.380. The molecule has 16 heavy (non-hydrogen) atoms. The molecule has 2 heterocycles. The molecule has 1 unspecified atom stereocenters. The van der Waals surface area contributed by atoms with Crippen molar-refractivity contribution in [3.05, 3.63) is 16.6 Å². The Morgan fingerprint density at radius 3 is 3.00 bits per heavy atom. The number of hydrogen-bond donors (Lipinski definition) is 1. The Morgan fingerprint density at radius 2 is 2.31 bits per heavy atom.